The maximum Gasteiger partial charge on any atom is 0.126 e. The number of nitrogens with zero attached hydrogens (tertiary/aromatic N) is 2. The van der Waals surface area contributed by atoms with Crippen LogP contribution in [0.4, 0.5) is 15.9 Å². The molecule has 0 aliphatic heterocycles. The predicted octanol–water partition coefficient (Wildman–Crippen LogP) is 4.07. The molecule has 0 atom stereocenters. The molecule has 0 bridgehead atoms. The number of hydrogen-bond acceptors (Lipinski definition) is 3. The molecular weight excluding hydrogens is 265 g/mol. The number of benzene rings is 1. The van der Waals surface area contributed by atoms with Crippen LogP contribution in [-0.4, -0.2) is 18.1 Å². The molecule has 2 aromatic rings. The van der Waals surface area contributed by atoms with Gasteiger partial charge in [-0.25, -0.2) is 9.37 Å². The minimum absolute atomic E-state index is 0.210. The topological polar surface area (TPSA) is 28.2 Å². The van der Waals surface area contributed by atoms with Gasteiger partial charge in [-0.3, -0.25) is 0 Å². The van der Waals surface area contributed by atoms with Crippen molar-refractivity contribution in [1.29, 1.82) is 0 Å². The van der Waals surface area contributed by atoms with E-state index in [1.807, 2.05) is 18.2 Å². The summed E-state index contributed by atoms with van der Waals surface area (Å²) < 4.78 is 13.0. The van der Waals surface area contributed by atoms with Crippen LogP contribution in [0.3, 0.4) is 0 Å². The van der Waals surface area contributed by atoms with Crippen LogP contribution in [0.5, 0.6) is 0 Å². The van der Waals surface area contributed by atoms with E-state index in [9.17, 15) is 4.39 Å². The van der Waals surface area contributed by atoms with Crippen LogP contribution in [0.15, 0.2) is 42.5 Å². The number of nitrogens with one attached hydrogen (secondary N) is 1. The van der Waals surface area contributed by atoms with E-state index in [-0.39, 0.29) is 5.82 Å². The summed E-state index contributed by atoms with van der Waals surface area (Å²) >= 11 is 0. The molecule has 1 heterocycles. The summed E-state index contributed by atoms with van der Waals surface area (Å²) in [7, 11) is 0. The van der Waals surface area contributed by atoms with Crippen molar-refractivity contribution in [2.45, 2.75) is 26.8 Å². The summed E-state index contributed by atoms with van der Waals surface area (Å²) in [4.78, 5) is 6.79. The van der Waals surface area contributed by atoms with Crippen molar-refractivity contribution in [3.05, 3.63) is 54.0 Å². The number of pyridine rings is 1. The average Bonchev–Trinajstić information content (AvgIpc) is 2.52. The summed E-state index contributed by atoms with van der Waals surface area (Å²) in [5.41, 5.74) is 2.01. The zero-order valence-corrected chi connectivity index (χ0v) is 12.6. The molecule has 4 heteroatoms. The van der Waals surface area contributed by atoms with E-state index in [1.54, 1.807) is 12.1 Å². The molecule has 112 valence electrons. The van der Waals surface area contributed by atoms with Crippen LogP contribution in [-0.2, 0) is 6.54 Å². The summed E-state index contributed by atoms with van der Waals surface area (Å²) in [6, 6.07) is 12.6. The molecule has 0 aliphatic rings. The van der Waals surface area contributed by atoms with Crippen molar-refractivity contribution in [3.8, 4) is 0 Å². The van der Waals surface area contributed by atoms with Crippen LogP contribution in [0.25, 0.3) is 0 Å². The van der Waals surface area contributed by atoms with Gasteiger partial charge in [0.1, 0.15) is 11.6 Å². The lowest BCUT2D eigenvalue weighted by Gasteiger charge is -2.23. The Kier molecular flexibility index (Phi) is 5.55. The highest BCUT2D eigenvalue weighted by Gasteiger charge is 2.07. The molecule has 0 amide bonds. The fourth-order valence-corrected chi connectivity index (χ4v) is 2.15. The molecule has 1 aromatic carbocycles. The van der Waals surface area contributed by atoms with Crippen molar-refractivity contribution in [3.63, 3.8) is 0 Å². The third-order valence-corrected chi connectivity index (χ3v) is 3.29. The SMILES string of the molecule is CCCNc1cccc(CN(CC)c2ccc(F)cc2)n1. The van der Waals surface area contributed by atoms with E-state index in [1.165, 1.54) is 12.1 Å². The third-order valence-electron chi connectivity index (χ3n) is 3.29. The van der Waals surface area contributed by atoms with Crippen molar-refractivity contribution >= 4 is 11.5 Å². The maximum atomic E-state index is 13.0. The number of rotatable bonds is 7. The molecule has 0 fully saturated rings. The highest BCUT2D eigenvalue weighted by Crippen LogP contribution is 2.17. The van der Waals surface area contributed by atoms with Gasteiger partial charge in [0, 0.05) is 18.8 Å². The first-order chi connectivity index (χ1) is 10.2. The fourth-order valence-electron chi connectivity index (χ4n) is 2.15. The first-order valence-corrected chi connectivity index (χ1v) is 7.43. The Morgan fingerprint density at radius 3 is 2.52 bits per heavy atom. The zero-order valence-electron chi connectivity index (χ0n) is 12.6. The summed E-state index contributed by atoms with van der Waals surface area (Å²) in [6.45, 7) is 6.70. The Labute approximate surface area is 125 Å². The largest absolute Gasteiger partial charge is 0.370 e. The molecule has 0 aliphatic carbocycles. The quantitative estimate of drug-likeness (QED) is 0.832. The first-order valence-electron chi connectivity index (χ1n) is 7.43. The number of hydrogen-bond donors (Lipinski definition) is 1. The molecule has 1 aromatic heterocycles. The van der Waals surface area contributed by atoms with Gasteiger partial charge >= 0.3 is 0 Å². The second kappa shape index (κ2) is 7.62. The van der Waals surface area contributed by atoms with E-state index in [4.69, 9.17) is 0 Å². The highest BCUT2D eigenvalue weighted by atomic mass is 19.1. The lowest BCUT2D eigenvalue weighted by atomic mass is 10.2. The van der Waals surface area contributed by atoms with Gasteiger partial charge in [-0.2, -0.15) is 0 Å². The Balaban J connectivity index is 2.09. The van der Waals surface area contributed by atoms with Crippen LogP contribution in [0.2, 0.25) is 0 Å². The van der Waals surface area contributed by atoms with Crippen molar-refractivity contribution < 1.29 is 4.39 Å². The Bertz CT molecular complexity index is 554. The van der Waals surface area contributed by atoms with E-state index >= 15 is 0 Å². The van der Waals surface area contributed by atoms with Crippen molar-refractivity contribution in [2.75, 3.05) is 23.3 Å². The standard InChI is InChI=1S/C17H22FN3/c1-3-12-19-17-7-5-6-15(20-17)13-21(4-2)16-10-8-14(18)9-11-16/h5-11H,3-4,12-13H2,1-2H3,(H,19,20). The van der Waals surface area contributed by atoms with E-state index in [0.717, 1.165) is 36.7 Å². The first kappa shape index (κ1) is 15.3. The van der Waals surface area contributed by atoms with Gasteiger partial charge in [0.25, 0.3) is 0 Å². The number of halogens is 1. The molecule has 0 saturated carbocycles. The zero-order chi connectivity index (χ0) is 15.1. The fraction of sp³-hybridized carbons (Fsp3) is 0.353. The normalized spacial score (nSPS) is 10.4. The summed E-state index contributed by atoms with van der Waals surface area (Å²) in [5, 5.41) is 3.29. The molecule has 0 saturated heterocycles. The molecule has 2 rings (SSSR count). The molecule has 0 unspecified atom stereocenters. The average molecular weight is 287 g/mol. The minimum atomic E-state index is -0.210. The molecule has 0 radical (unpaired) electrons. The summed E-state index contributed by atoms with van der Waals surface area (Å²) in [6.07, 6.45) is 1.07. The second-order valence-corrected chi connectivity index (χ2v) is 4.93. The number of anilines is 2. The molecule has 3 nitrogen and oxygen atoms in total. The third kappa shape index (κ3) is 4.45. The minimum Gasteiger partial charge on any atom is -0.370 e. The van der Waals surface area contributed by atoms with E-state index < -0.39 is 0 Å². The van der Waals surface area contributed by atoms with Crippen LogP contribution >= 0.6 is 0 Å². The van der Waals surface area contributed by atoms with Crippen LogP contribution in [0, 0.1) is 5.82 Å². The molecule has 1 N–H and O–H groups in total. The lowest BCUT2D eigenvalue weighted by molar-refractivity contribution is 0.627. The van der Waals surface area contributed by atoms with Gasteiger partial charge < -0.3 is 10.2 Å². The van der Waals surface area contributed by atoms with Gasteiger partial charge in [0.05, 0.1) is 12.2 Å². The highest BCUT2D eigenvalue weighted by molar-refractivity contribution is 5.47. The van der Waals surface area contributed by atoms with Crippen molar-refractivity contribution in [2.24, 2.45) is 0 Å². The van der Waals surface area contributed by atoms with E-state index in [0.29, 0.717) is 6.54 Å². The van der Waals surface area contributed by atoms with Gasteiger partial charge in [0.15, 0.2) is 0 Å². The molecule has 21 heavy (non-hydrogen) atoms. The van der Waals surface area contributed by atoms with Crippen molar-refractivity contribution in [1.82, 2.24) is 4.98 Å². The Morgan fingerprint density at radius 1 is 1.10 bits per heavy atom. The maximum absolute atomic E-state index is 13.0. The van der Waals surface area contributed by atoms with Gasteiger partial charge in [-0.15, -0.1) is 0 Å². The lowest BCUT2D eigenvalue weighted by Crippen LogP contribution is -2.22. The van der Waals surface area contributed by atoms with Crippen LogP contribution in [0.1, 0.15) is 26.0 Å². The molecule has 0 spiro atoms. The molecular formula is C17H22FN3. The Hall–Kier alpha value is -2.10. The predicted molar refractivity (Wildman–Crippen MR) is 86.1 cm³/mol. The smallest absolute Gasteiger partial charge is 0.126 e. The summed E-state index contributed by atoms with van der Waals surface area (Å²) in [5.74, 6) is 0.697. The van der Waals surface area contributed by atoms with Gasteiger partial charge in [-0.05, 0) is 49.7 Å². The number of aromatic nitrogens is 1. The second-order valence-electron chi connectivity index (χ2n) is 4.93. The van der Waals surface area contributed by atoms with E-state index in [2.05, 4.69) is 29.0 Å². The van der Waals surface area contributed by atoms with Crippen LogP contribution < -0.4 is 10.2 Å². The van der Waals surface area contributed by atoms with Gasteiger partial charge in [-0.1, -0.05) is 13.0 Å². The Morgan fingerprint density at radius 2 is 1.86 bits per heavy atom. The monoisotopic (exact) mass is 287 g/mol. The van der Waals surface area contributed by atoms with Gasteiger partial charge in [0.2, 0.25) is 0 Å².